The average molecular weight is 542 g/mol. The maximum atomic E-state index is 14.2. The molecule has 0 saturated carbocycles. The highest BCUT2D eigenvalue weighted by Gasteiger charge is 2.74. The number of aliphatic hydroxyl groups excluding tert-OH is 1. The predicted molar refractivity (Wildman–Crippen MR) is 150 cm³/mol. The van der Waals surface area contributed by atoms with Crippen LogP contribution in [0.4, 0.5) is 5.69 Å². The van der Waals surface area contributed by atoms with Gasteiger partial charge in [-0.2, -0.15) is 0 Å². The molecule has 2 unspecified atom stereocenters. The van der Waals surface area contributed by atoms with E-state index in [0.717, 1.165) is 12.2 Å². The summed E-state index contributed by atoms with van der Waals surface area (Å²) in [5.41, 5.74) is 0.711. The number of ether oxygens (including phenoxy) is 1. The van der Waals surface area contributed by atoms with Gasteiger partial charge in [0.25, 0.3) is 0 Å². The third-order valence-electron chi connectivity index (χ3n) is 7.93. The van der Waals surface area contributed by atoms with Gasteiger partial charge >= 0.3 is 0 Å². The standard InChI is InChI=1S/C29H39N3O5S/c1-6-15-30(19(4)5)28(36)25-29-14-13-22(38-29)23(24(29)27(35)32(25)17-18-33)26(34)31(16-7-2)20-9-11-21(12-10-20)37-8-3/h6-7,9-12,19,22-25,33H,1-2,8,13-18H2,3-5H3/t22-,23+,24-,25?,29?/m0/s1. The van der Waals surface area contributed by atoms with E-state index >= 15 is 0 Å². The van der Waals surface area contributed by atoms with Gasteiger partial charge in [0.05, 0.1) is 29.8 Å². The summed E-state index contributed by atoms with van der Waals surface area (Å²) in [7, 11) is 0. The first-order valence-corrected chi connectivity index (χ1v) is 14.3. The second-order valence-corrected chi connectivity index (χ2v) is 11.9. The minimum atomic E-state index is -0.722. The van der Waals surface area contributed by atoms with Gasteiger partial charge in [-0.3, -0.25) is 14.4 Å². The maximum absolute atomic E-state index is 14.2. The molecule has 206 valence electrons. The minimum Gasteiger partial charge on any atom is -0.494 e. The summed E-state index contributed by atoms with van der Waals surface area (Å²) in [6.45, 7) is 14.5. The molecule has 2 bridgehead atoms. The lowest BCUT2D eigenvalue weighted by molar-refractivity contribution is -0.143. The summed E-state index contributed by atoms with van der Waals surface area (Å²) in [5.74, 6) is -0.934. The lowest BCUT2D eigenvalue weighted by Gasteiger charge is -2.38. The van der Waals surface area contributed by atoms with Crippen LogP contribution in [0.25, 0.3) is 0 Å². The molecule has 0 aliphatic carbocycles. The molecule has 3 heterocycles. The number of fused-ring (bicyclic) bond motifs is 1. The first-order chi connectivity index (χ1) is 18.2. The number of likely N-dealkylation sites (tertiary alicyclic amines) is 1. The van der Waals surface area contributed by atoms with Crippen LogP contribution < -0.4 is 9.64 Å². The van der Waals surface area contributed by atoms with Crippen LogP contribution in [0.5, 0.6) is 5.75 Å². The van der Waals surface area contributed by atoms with Gasteiger partial charge < -0.3 is 24.5 Å². The Labute approximate surface area is 229 Å². The third-order valence-corrected chi connectivity index (χ3v) is 9.88. The number of anilines is 1. The van der Waals surface area contributed by atoms with Crippen LogP contribution in [0, 0.1) is 11.8 Å². The van der Waals surface area contributed by atoms with E-state index in [1.807, 2.05) is 45.0 Å². The predicted octanol–water partition coefficient (Wildman–Crippen LogP) is 3.11. The van der Waals surface area contributed by atoms with Gasteiger partial charge in [0.1, 0.15) is 11.8 Å². The summed E-state index contributed by atoms with van der Waals surface area (Å²) in [6, 6.07) is 6.56. The van der Waals surface area contributed by atoms with Crippen molar-refractivity contribution in [3.63, 3.8) is 0 Å². The van der Waals surface area contributed by atoms with Crippen molar-refractivity contribution < 1.29 is 24.2 Å². The average Bonchev–Trinajstić information content (AvgIpc) is 3.53. The number of carbonyl (C=O) groups is 3. The molecule has 5 atom stereocenters. The van der Waals surface area contributed by atoms with Gasteiger partial charge in [0.15, 0.2) is 0 Å². The number of carbonyl (C=O) groups excluding carboxylic acids is 3. The highest BCUT2D eigenvalue weighted by molar-refractivity contribution is 8.02. The van der Waals surface area contributed by atoms with Crippen molar-refractivity contribution in [1.29, 1.82) is 0 Å². The number of hydrogen-bond acceptors (Lipinski definition) is 6. The number of aliphatic hydroxyl groups is 1. The van der Waals surface area contributed by atoms with Gasteiger partial charge in [-0.15, -0.1) is 24.9 Å². The molecule has 0 aromatic heterocycles. The second-order valence-electron chi connectivity index (χ2n) is 10.3. The summed E-state index contributed by atoms with van der Waals surface area (Å²) < 4.78 is 4.86. The minimum absolute atomic E-state index is 0.0510. The zero-order chi connectivity index (χ0) is 27.6. The Morgan fingerprint density at radius 3 is 2.47 bits per heavy atom. The number of β-amino-alcohol motifs (C(OH)–C–C–N with tert-alkyl or cyclic N) is 1. The first-order valence-electron chi connectivity index (χ1n) is 13.4. The van der Waals surface area contributed by atoms with Gasteiger partial charge in [-0.25, -0.2) is 0 Å². The van der Waals surface area contributed by atoms with Crippen molar-refractivity contribution in [3.05, 3.63) is 49.6 Å². The van der Waals surface area contributed by atoms with Crippen LogP contribution in [0.3, 0.4) is 0 Å². The van der Waals surface area contributed by atoms with Crippen molar-refractivity contribution in [3.8, 4) is 5.75 Å². The monoisotopic (exact) mass is 541 g/mol. The fourth-order valence-electron chi connectivity index (χ4n) is 6.43. The molecule has 4 rings (SSSR count). The van der Waals surface area contributed by atoms with Crippen molar-refractivity contribution in [2.45, 2.75) is 55.7 Å². The Morgan fingerprint density at radius 2 is 1.89 bits per heavy atom. The first kappa shape index (κ1) is 28.2. The van der Waals surface area contributed by atoms with E-state index in [9.17, 15) is 19.5 Å². The molecular weight excluding hydrogens is 502 g/mol. The molecule has 0 radical (unpaired) electrons. The zero-order valence-electron chi connectivity index (χ0n) is 22.5. The van der Waals surface area contributed by atoms with E-state index < -0.39 is 22.6 Å². The fraction of sp³-hybridized carbons (Fsp3) is 0.552. The number of hydrogen-bond donors (Lipinski definition) is 1. The smallest absolute Gasteiger partial charge is 0.247 e. The number of thioether (sulfide) groups is 1. The summed E-state index contributed by atoms with van der Waals surface area (Å²) in [4.78, 5) is 47.2. The highest BCUT2D eigenvalue weighted by Crippen LogP contribution is 2.66. The zero-order valence-corrected chi connectivity index (χ0v) is 23.4. The lowest BCUT2D eigenvalue weighted by Crippen LogP contribution is -2.56. The molecule has 3 amide bonds. The van der Waals surface area contributed by atoms with Crippen molar-refractivity contribution in [2.75, 3.05) is 37.7 Å². The summed E-state index contributed by atoms with van der Waals surface area (Å²) >= 11 is 1.63. The van der Waals surface area contributed by atoms with E-state index in [1.165, 1.54) is 4.90 Å². The molecule has 1 spiro atoms. The highest BCUT2D eigenvalue weighted by atomic mass is 32.2. The number of amides is 3. The molecule has 1 N–H and O–H groups in total. The normalized spacial score (nSPS) is 27.4. The van der Waals surface area contributed by atoms with Gasteiger partial charge in [-0.05, 0) is 57.9 Å². The Hall–Kier alpha value is -2.78. The quantitative estimate of drug-likeness (QED) is 0.409. The second kappa shape index (κ2) is 11.5. The van der Waals surface area contributed by atoms with Crippen LogP contribution in [-0.2, 0) is 14.4 Å². The Bertz CT molecular complexity index is 1080. The van der Waals surface area contributed by atoms with Gasteiger partial charge in [-0.1, -0.05) is 12.2 Å². The Morgan fingerprint density at radius 1 is 1.21 bits per heavy atom. The summed E-state index contributed by atoms with van der Waals surface area (Å²) in [6.07, 6.45) is 4.82. The van der Waals surface area contributed by atoms with E-state index in [0.29, 0.717) is 31.8 Å². The molecule has 3 saturated heterocycles. The van der Waals surface area contributed by atoms with E-state index in [4.69, 9.17) is 4.74 Å². The van der Waals surface area contributed by atoms with Crippen molar-refractivity contribution in [2.24, 2.45) is 11.8 Å². The van der Waals surface area contributed by atoms with Crippen LogP contribution in [0.2, 0.25) is 0 Å². The summed E-state index contributed by atoms with van der Waals surface area (Å²) in [5, 5.41) is 9.78. The van der Waals surface area contributed by atoms with E-state index in [-0.39, 0.29) is 42.2 Å². The molecular formula is C29H39N3O5S. The number of rotatable bonds is 12. The number of nitrogens with zero attached hydrogens (tertiary/aromatic N) is 3. The molecule has 3 aliphatic rings. The van der Waals surface area contributed by atoms with Crippen molar-refractivity contribution >= 4 is 35.2 Å². The molecule has 8 nitrogen and oxygen atoms in total. The largest absolute Gasteiger partial charge is 0.494 e. The Kier molecular flexibility index (Phi) is 8.57. The van der Waals surface area contributed by atoms with E-state index in [1.54, 1.807) is 33.7 Å². The molecule has 9 heteroatoms. The molecule has 3 aliphatic heterocycles. The Balaban J connectivity index is 1.71. The van der Waals surface area contributed by atoms with Crippen LogP contribution in [0.15, 0.2) is 49.6 Å². The SMILES string of the molecule is C=CCN(C(=O)[C@@H]1[C@@H]2CCC3(S2)C(C(=O)N(CC=C)C(C)C)N(CCO)C(=O)[C@H]13)c1ccc(OCC)cc1. The van der Waals surface area contributed by atoms with Gasteiger partial charge in [0.2, 0.25) is 17.7 Å². The van der Waals surface area contributed by atoms with Crippen LogP contribution >= 0.6 is 11.8 Å². The fourth-order valence-corrected chi connectivity index (χ4v) is 8.64. The van der Waals surface area contributed by atoms with Crippen LogP contribution in [-0.4, -0.2) is 87.6 Å². The third kappa shape index (κ3) is 4.64. The van der Waals surface area contributed by atoms with E-state index in [2.05, 4.69) is 13.2 Å². The molecule has 3 fully saturated rings. The van der Waals surface area contributed by atoms with Crippen LogP contribution in [0.1, 0.15) is 33.6 Å². The molecule has 1 aromatic rings. The molecule has 1 aromatic carbocycles. The van der Waals surface area contributed by atoms with Gasteiger partial charge in [0, 0.05) is 36.6 Å². The molecule has 38 heavy (non-hydrogen) atoms. The topological polar surface area (TPSA) is 90.4 Å². The number of benzene rings is 1. The lowest BCUT2D eigenvalue weighted by atomic mass is 9.70. The van der Waals surface area contributed by atoms with Crippen molar-refractivity contribution in [1.82, 2.24) is 9.80 Å². The maximum Gasteiger partial charge on any atom is 0.247 e.